The molecule has 0 saturated carbocycles. The average Bonchev–Trinajstić information content (AvgIpc) is 3.47. The van der Waals surface area contributed by atoms with Crippen LogP contribution in [0.15, 0.2) is 90.9 Å². The highest BCUT2D eigenvalue weighted by molar-refractivity contribution is 5.82. The molecule has 0 bridgehead atoms. The predicted molar refractivity (Wildman–Crippen MR) is 149 cm³/mol. The van der Waals surface area contributed by atoms with Crippen LogP contribution >= 0.6 is 0 Å². The average molecular weight is 520 g/mol. The molecule has 6 rings (SSSR count). The van der Waals surface area contributed by atoms with Crippen LogP contribution in [-0.2, 0) is 12.1 Å². The minimum atomic E-state index is -1.16. The number of hydrogen-bond donors (Lipinski definition) is 2. The number of nitrogens with zero attached hydrogens (tertiary/aromatic N) is 8. The van der Waals surface area contributed by atoms with Gasteiger partial charge >= 0.3 is 0 Å². The first-order chi connectivity index (χ1) is 18.8. The largest absolute Gasteiger partial charge is 0.384 e. The lowest BCUT2D eigenvalue weighted by atomic mass is 10.1. The van der Waals surface area contributed by atoms with Gasteiger partial charge in [0.25, 0.3) is 5.56 Å². The highest BCUT2D eigenvalue weighted by Gasteiger charge is 2.22. The summed E-state index contributed by atoms with van der Waals surface area (Å²) in [5, 5.41) is 15.0. The van der Waals surface area contributed by atoms with E-state index in [9.17, 15) is 9.90 Å². The Morgan fingerprint density at radius 2 is 1.92 bits per heavy atom. The van der Waals surface area contributed by atoms with Gasteiger partial charge in [-0.25, -0.2) is 24.3 Å². The quantitative estimate of drug-likeness (QED) is 0.304. The number of rotatable bonds is 7. The molecule has 0 unspecified atom stereocenters. The number of hydrogen-bond acceptors (Lipinski definition) is 8. The Labute approximate surface area is 222 Å². The number of allylic oxidation sites excluding steroid dienone is 1. The number of aliphatic hydroxyl groups is 1. The molecule has 0 aliphatic rings. The highest BCUT2D eigenvalue weighted by atomic mass is 16.3. The van der Waals surface area contributed by atoms with Crippen molar-refractivity contribution < 1.29 is 5.11 Å². The van der Waals surface area contributed by atoms with Crippen molar-refractivity contribution in [1.82, 2.24) is 38.9 Å². The van der Waals surface area contributed by atoms with Crippen molar-refractivity contribution in [1.29, 1.82) is 0 Å². The summed E-state index contributed by atoms with van der Waals surface area (Å²) in [6.07, 6.45) is 10.3. The molecule has 0 fully saturated rings. The fourth-order valence-corrected chi connectivity index (χ4v) is 4.42. The van der Waals surface area contributed by atoms with Gasteiger partial charge in [-0.15, -0.1) is 6.58 Å². The van der Waals surface area contributed by atoms with E-state index in [0.717, 1.165) is 16.7 Å². The van der Waals surface area contributed by atoms with E-state index >= 15 is 0 Å². The molecule has 6 heterocycles. The highest BCUT2D eigenvalue weighted by Crippen LogP contribution is 2.24. The van der Waals surface area contributed by atoms with Crippen molar-refractivity contribution in [3.05, 3.63) is 102 Å². The number of anilines is 2. The van der Waals surface area contributed by atoms with Crippen LogP contribution in [0.1, 0.15) is 19.5 Å². The van der Waals surface area contributed by atoms with E-state index in [1.54, 1.807) is 61.4 Å². The maximum atomic E-state index is 13.2. The van der Waals surface area contributed by atoms with E-state index < -0.39 is 5.60 Å². The number of nitrogens with one attached hydrogen (secondary N) is 1. The summed E-state index contributed by atoms with van der Waals surface area (Å²) in [5.74, 6) is 0.728. The molecule has 0 aromatic carbocycles. The van der Waals surface area contributed by atoms with Crippen LogP contribution in [-0.4, -0.2) is 44.0 Å². The molecule has 6 aromatic rings. The van der Waals surface area contributed by atoms with Crippen molar-refractivity contribution >= 4 is 33.7 Å². The third kappa shape index (κ3) is 4.34. The topological polar surface area (TPSA) is 129 Å². The molecular weight excluding hydrogens is 494 g/mol. The Hall–Kier alpha value is -5.16. The van der Waals surface area contributed by atoms with Crippen LogP contribution in [0.4, 0.5) is 11.6 Å². The second-order valence-electron chi connectivity index (χ2n) is 9.52. The Morgan fingerprint density at radius 1 is 1.05 bits per heavy atom. The first-order valence-corrected chi connectivity index (χ1v) is 12.3. The molecule has 0 radical (unpaired) electrons. The lowest BCUT2D eigenvalue weighted by Gasteiger charge is -2.18. The summed E-state index contributed by atoms with van der Waals surface area (Å²) < 4.78 is 5.07. The number of fused-ring (bicyclic) bond motifs is 2. The maximum Gasteiger partial charge on any atom is 0.278 e. The molecule has 11 heteroatoms. The Bertz CT molecular complexity index is 1900. The predicted octanol–water partition coefficient (Wildman–Crippen LogP) is 3.87. The second kappa shape index (κ2) is 9.30. The van der Waals surface area contributed by atoms with E-state index in [-0.39, 0.29) is 12.1 Å². The van der Waals surface area contributed by atoms with Crippen LogP contribution < -0.4 is 10.9 Å². The minimum absolute atomic E-state index is 0.237. The summed E-state index contributed by atoms with van der Waals surface area (Å²) in [4.78, 5) is 35.7. The monoisotopic (exact) mass is 519 g/mol. The van der Waals surface area contributed by atoms with Crippen molar-refractivity contribution in [2.75, 3.05) is 5.32 Å². The molecule has 39 heavy (non-hydrogen) atoms. The van der Waals surface area contributed by atoms with Crippen LogP contribution in [0.2, 0.25) is 0 Å². The molecule has 11 nitrogen and oxygen atoms in total. The van der Waals surface area contributed by atoms with Gasteiger partial charge in [0.2, 0.25) is 5.95 Å². The van der Waals surface area contributed by atoms with Gasteiger partial charge in [0.1, 0.15) is 16.6 Å². The van der Waals surface area contributed by atoms with Crippen molar-refractivity contribution in [3.8, 4) is 11.5 Å². The number of pyridine rings is 3. The zero-order valence-corrected chi connectivity index (χ0v) is 21.4. The Balaban J connectivity index is 1.42. The molecule has 0 atom stereocenters. The molecule has 6 aromatic heterocycles. The molecule has 0 saturated heterocycles. The van der Waals surface area contributed by atoms with Gasteiger partial charge in [-0.05, 0) is 50.2 Å². The van der Waals surface area contributed by atoms with Gasteiger partial charge in [-0.3, -0.25) is 14.3 Å². The van der Waals surface area contributed by atoms with Crippen molar-refractivity contribution in [2.24, 2.45) is 0 Å². The summed E-state index contributed by atoms with van der Waals surface area (Å²) in [6.45, 7) is 7.33. The van der Waals surface area contributed by atoms with Gasteiger partial charge in [0, 0.05) is 24.0 Å². The fourth-order valence-electron chi connectivity index (χ4n) is 4.42. The molecule has 0 spiro atoms. The van der Waals surface area contributed by atoms with Crippen LogP contribution in [0.3, 0.4) is 0 Å². The van der Waals surface area contributed by atoms with Gasteiger partial charge in [-0.1, -0.05) is 12.1 Å². The first kappa shape index (κ1) is 24.2. The zero-order chi connectivity index (χ0) is 27.1. The summed E-state index contributed by atoms with van der Waals surface area (Å²) in [7, 11) is 0. The number of aromatic nitrogens is 8. The zero-order valence-electron chi connectivity index (χ0n) is 21.4. The lowest BCUT2D eigenvalue weighted by molar-refractivity contribution is 0.0738. The second-order valence-corrected chi connectivity index (χ2v) is 9.52. The lowest BCUT2D eigenvalue weighted by Crippen LogP contribution is -2.23. The Kier molecular flexibility index (Phi) is 5.77. The smallest absolute Gasteiger partial charge is 0.278 e. The van der Waals surface area contributed by atoms with E-state index in [1.165, 1.54) is 10.9 Å². The molecule has 0 amide bonds. The van der Waals surface area contributed by atoms with Gasteiger partial charge in [0.15, 0.2) is 11.5 Å². The van der Waals surface area contributed by atoms with Crippen molar-refractivity contribution in [3.63, 3.8) is 0 Å². The van der Waals surface area contributed by atoms with Crippen molar-refractivity contribution in [2.45, 2.75) is 26.0 Å². The third-order valence-electron chi connectivity index (χ3n) is 6.26. The summed E-state index contributed by atoms with van der Waals surface area (Å²) in [5.41, 5.74) is 1.79. The van der Waals surface area contributed by atoms with Crippen LogP contribution in [0.25, 0.3) is 33.6 Å². The first-order valence-electron chi connectivity index (χ1n) is 12.3. The fraction of sp³-hybridized carbons (Fsp3) is 0.143. The van der Waals surface area contributed by atoms with Crippen LogP contribution in [0, 0.1) is 0 Å². The van der Waals surface area contributed by atoms with Gasteiger partial charge in [0.05, 0.1) is 36.0 Å². The standard InChI is InChI=1S/C28H25N9O2/c1-4-12-36-26(38)21-17-31-27(34-25(21)37(36)23-9-5-8-22(33-23)28(2,3)39)32-19-14-18-10-13-35(24(18)30-15-19)20-7-6-11-29-16-20/h4-11,13-17,39H,1,12H2,2-3H3,(H,31,32,34). The minimum Gasteiger partial charge on any atom is -0.384 e. The van der Waals surface area contributed by atoms with E-state index in [1.807, 2.05) is 35.0 Å². The molecule has 0 aliphatic carbocycles. The third-order valence-corrected chi connectivity index (χ3v) is 6.26. The van der Waals surface area contributed by atoms with Gasteiger partial charge in [-0.2, -0.15) is 4.98 Å². The van der Waals surface area contributed by atoms with E-state index in [0.29, 0.717) is 34.2 Å². The normalized spacial score (nSPS) is 11.8. The summed E-state index contributed by atoms with van der Waals surface area (Å²) >= 11 is 0. The summed E-state index contributed by atoms with van der Waals surface area (Å²) in [6, 6.07) is 13.0. The van der Waals surface area contributed by atoms with E-state index in [4.69, 9.17) is 0 Å². The van der Waals surface area contributed by atoms with E-state index in [2.05, 4.69) is 36.8 Å². The molecule has 2 N–H and O–H groups in total. The van der Waals surface area contributed by atoms with Crippen LogP contribution in [0.5, 0.6) is 0 Å². The maximum absolute atomic E-state index is 13.2. The molecule has 0 aliphatic heterocycles. The SMILES string of the molecule is C=CCn1c(=O)c2cnc(Nc3cnc4c(ccn4-c4cccnc4)c3)nc2n1-c1cccc(C(C)(C)O)n1. The van der Waals surface area contributed by atoms with Gasteiger partial charge < -0.3 is 10.4 Å². The molecular formula is C28H25N9O2. The Morgan fingerprint density at radius 3 is 2.69 bits per heavy atom. The molecule has 194 valence electrons.